The summed E-state index contributed by atoms with van der Waals surface area (Å²) in [6.45, 7) is 0.439. The second kappa shape index (κ2) is 6.75. The van der Waals surface area contributed by atoms with Crippen molar-refractivity contribution in [3.63, 3.8) is 0 Å². The average Bonchev–Trinajstić information content (AvgIpc) is 3.02. The van der Waals surface area contributed by atoms with E-state index < -0.39 is 11.9 Å². The number of aryl methyl sites for hydroxylation is 1. The van der Waals surface area contributed by atoms with Crippen LogP contribution < -0.4 is 11.1 Å². The summed E-state index contributed by atoms with van der Waals surface area (Å²) in [5, 5.41) is 16.7. The van der Waals surface area contributed by atoms with E-state index in [1.807, 2.05) is 30.3 Å². The van der Waals surface area contributed by atoms with Crippen molar-refractivity contribution < 1.29 is 4.79 Å². The molecule has 3 aromatic rings. The first-order valence-electron chi connectivity index (χ1n) is 7.35. The zero-order chi connectivity index (χ0) is 16.9. The molecular weight excluding hydrogens is 306 g/mol. The van der Waals surface area contributed by atoms with E-state index in [0.29, 0.717) is 29.8 Å². The monoisotopic (exact) mass is 321 g/mol. The Morgan fingerprint density at radius 3 is 2.83 bits per heavy atom. The van der Waals surface area contributed by atoms with Crippen molar-refractivity contribution in [2.45, 2.75) is 19.0 Å². The molecule has 2 heterocycles. The maximum atomic E-state index is 11.8. The molecule has 3 rings (SSSR count). The minimum Gasteiger partial charge on any atom is -0.368 e. The Morgan fingerprint density at radius 1 is 1.33 bits per heavy atom. The summed E-state index contributed by atoms with van der Waals surface area (Å²) in [6, 6.07) is 10.5. The van der Waals surface area contributed by atoms with Crippen LogP contribution in [0.3, 0.4) is 0 Å². The highest BCUT2D eigenvalue weighted by Gasteiger charge is 2.20. The summed E-state index contributed by atoms with van der Waals surface area (Å²) in [6.07, 6.45) is 3.33. The summed E-state index contributed by atoms with van der Waals surface area (Å²) in [5.74, 6) is -0.0410. The number of anilines is 1. The normalized spacial score (nSPS) is 11.8. The van der Waals surface area contributed by atoms with Crippen molar-refractivity contribution in [1.82, 2.24) is 19.7 Å². The van der Waals surface area contributed by atoms with E-state index >= 15 is 0 Å². The van der Waals surface area contributed by atoms with Gasteiger partial charge in [0.05, 0.1) is 30.6 Å². The molecule has 0 bridgehead atoms. The molecule has 1 atom stereocenters. The fourth-order valence-corrected chi connectivity index (χ4v) is 2.43. The second-order valence-electron chi connectivity index (χ2n) is 5.13. The number of hydrogen-bond donors (Lipinski definition) is 2. The maximum Gasteiger partial charge on any atom is 0.244 e. The summed E-state index contributed by atoms with van der Waals surface area (Å²) in [4.78, 5) is 20.2. The summed E-state index contributed by atoms with van der Waals surface area (Å²) < 4.78 is 1.63. The molecular formula is C16H15N7O. The molecule has 0 spiro atoms. The number of aromatic nitrogens is 4. The van der Waals surface area contributed by atoms with Crippen molar-refractivity contribution in [3.8, 4) is 6.07 Å². The van der Waals surface area contributed by atoms with Crippen molar-refractivity contribution in [2.24, 2.45) is 5.73 Å². The number of nitrogens with zero attached hydrogens (tertiary/aromatic N) is 5. The number of carbonyl (C=O) groups is 1. The highest BCUT2D eigenvalue weighted by Crippen LogP contribution is 2.24. The molecule has 0 aliphatic carbocycles. The zero-order valence-electron chi connectivity index (χ0n) is 12.8. The number of nitriles is 1. The van der Waals surface area contributed by atoms with Crippen LogP contribution in [0.5, 0.6) is 0 Å². The first kappa shape index (κ1) is 15.4. The van der Waals surface area contributed by atoms with Crippen molar-refractivity contribution in [3.05, 3.63) is 48.4 Å². The number of primary amides is 1. The minimum atomic E-state index is -0.716. The molecule has 1 aromatic carbocycles. The lowest BCUT2D eigenvalue weighted by Crippen LogP contribution is -2.28. The van der Waals surface area contributed by atoms with E-state index in [9.17, 15) is 4.79 Å². The molecule has 8 heteroatoms. The van der Waals surface area contributed by atoms with Crippen molar-refractivity contribution in [2.75, 3.05) is 5.32 Å². The van der Waals surface area contributed by atoms with Crippen LogP contribution in [0.4, 0.5) is 5.82 Å². The fourth-order valence-electron chi connectivity index (χ4n) is 2.43. The Hall–Kier alpha value is -3.47. The topological polar surface area (TPSA) is 123 Å². The zero-order valence-corrected chi connectivity index (χ0v) is 12.8. The van der Waals surface area contributed by atoms with Crippen LogP contribution in [0.2, 0.25) is 0 Å². The molecule has 0 fully saturated rings. The summed E-state index contributed by atoms with van der Waals surface area (Å²) >= 11 is 0. The van der Waals surface area contributed by atoms with E-state index in [2.05, 4.69) is 26.5 Å². The van der Waals surface area contributed by atoms with Crippen LogP contribution in [-0.2, 0) is 11.3 Å². The van der Waals surface area contributed by atoms with E-state index in [0.717, 1.165) is 5.56 Å². The highest BCUT2D eigenvalue weighted by atomic mass is 16.1. The molecule has 2 aromatic heterocycles. The molecule has 8 nitrogen and oxygen atoms in total. The fraction of sp³-hybridized carbons (Fsp3) is 0.188. The Morgan fingerprint density at radius 2 is 2.12 bits per heavy atom. The standard InChI is InChI=1S/C16H15N7O/c17-7-4-8-23-16-12(9-21-23)15(19-10-20-16)22-13(14(18)24)11-5-2-1-3-6-11/h1-3,5-6,9-10,13H,4,8H2,(H2,18,24)(H,19,20,22). The lowest BCUT2D eigenvalue weighted by atomic mass is 10.1. The van der Waals surface area contributed by atoms with Crippen LogP contribution in [0.25, 0.3) is 11.0 Å². The predicted octanol–water partition coefficient (Wildman–Crippen LogP) is 1.38. The Labute approximate surface area is 137 Å². The number of nitrogens with one attached hydrogen (secondary N) is 1. The first-order chi connectivity index (χ1) is 11.7. The van der Waals surface area contributed by atoms with Gasteiger partial charge in [0.15, 0.2) is 5.65 Å². The number of hydrogen-bond acceptors (Lipinski definition) is 6. The third kappa shape index (κ3) is 3.01. The molecule has 1 amide bonds. The molecule has 0 aliphatic rings. The number of benzene rings is 1. The van der Waals surface area contributed by atoms with Gasteiger partial charge >= 0.3 is 0 Å². The van der Waals surface area contributed by atoms with Gasteiger partial charge in [0.2, 0.25) is 5.91 Å². The second-order valence-corrected chi connectivity index (χ2v) is 5.13. The molecule has 0 radical (unpaired) electrons. The molecule has 0 saturated carbocycles. The van der Waals surface area contributed by atoms with Gasteiger partial charge in [-0.15, -0.1) is 0 Å². The van der Waals surface area contributed by atoms with Gasteiger partial charge in [0.25, 0.3) is 0 Å². The Bertz CT molecular complexity index is 898. The van der Waals surface area contributed by atoms with Gasteiger partial charge in [-0.25, -0.2) is 14.6 Å². The van der Waals surface area contributed by atoms with Crippen LogP contribution in [-0.4, -0.2) is 25.7 Å². The highest BCUT2D eigenvalue weighted by molar-refractivity contribution is 5.90. The smallest absolute Gasteiger partial charge is 0.244 e. The van der Waals surface area contributed by atoms with Gasteiger partial charge in [-0.05, 0) is 5.56 Å². The largest absolute Gasteiger partial charge is 0.368 e. The van der Waals surface area contributed by atoms with Crippen molar-refractivity contribution >= 4 is 22.8 Å². The van der Waals surface area contributed by atoms with Crippen LogP contribution >= 0.6 is 0 Å². The van der Waals surface area contributed by atoms with Crippen LogP contribution in [0.1, 0.15) is 18.0 Å². The van der Waals surface area contributed by atoms with Gasteiger partial charge in [-0.2, -0.15) is 10.4 Å². The van der Waals surface area contributed by atoms with Gasteiger partial charge in [-0.3, -0.25) is 4.79 Å². The van der Waals surface area contributed by atoms with Gasteiger partial charge in [-0.1, -0.05) is 30.3 Å². The summed E-state index contributed by atoms with van der Waals surface area (Å²) in [5.41, 5.74) is 6.87. The Balaban J connectivity index is 1.96. The SMILES string of the molecule is N#CCCn1ncc2c(NC(C(N)=O)c3ccccc3)ncnc21. The maximum absolute atomic E-state index is 11.8. The van der Waals surface area contributed by atoms with E-state index in [1.165, 1.54) is 6.33 Å². The van der Waals surface area contributed by atoms with Gasteiger partial charge in [0, 0.05) is 0 Å². The van der Waals surface area contributed by atoms with Gasteiger partial charge in [0.1, 0.15) is 18.2 Å². The number of carbonyl (C=O) groups excluding carboxylic acids is 1. The lowest BCUT2D eigenvalue weighted by molar-refractivity contribution is -0.118. The number of nitrogens with two attached hydrogens (primary N) is 1. The van der Waals surface area contributed by atoms with E-state index in [4.69, 9.17) is 11.0 Å². The molecule has 24 heavy (non-hydrogen) atoms. The van der Waals surface area contributed by atoms with E-state index in [1.54, 1.807) is 10.9 Å². The number of amides is 1. The van der Waals surface area contributed by atoms with Gasteiger partial charge < -0.3 is 11.1 Å². The van der Waals surface area contributed by atoms with Crippen molar-refractivity contribution in [1.29, 1.82) is 5.26 Å². The predicted molar refractivity (Wildman–Crippen MR) is 87.6 cm³/mol. The summed E-state index contributed by atoms with van der Waals surface area (Å²) in [7, 11) is 0. The quantitative estimate of drug-likeness (QED) is 0.707. The molecule has 3 N–H and O–H groups in total. The average molecular weight is 321 g/mol. The van der Waals surface area contributed by atoms with E-state index in [-0.39, 0.29) is 0 Å². The molecule has 0 aliphatic heterocycles. The number of fused-ring (bicyclic) bond motifs is 1. The molecule has 0 saturated heterocycles. The van der Waals surface area contributed by atoms with Crippen LogP contribution in [0.15, 0.2) is 42.9 Å². The molecule has 1 unspecified atom stereocenters. The first-order valence-corrected chi connectivity index (χ1v) is 7.35. The minimum absolute atomic E-state index is 0.331. The van der Waals surface area contributed by atoms with Crippen LogP contribution in [0, 0.1) is 11.3 Å². The molecule has 120 valence electrons. The Kier molecular flexibility index (Phi) is 4.34. The third-order valence-corrected chi connectivity index (χ3v) is 3.57. The lowest BCUT2D eigenvalue weighted by Gasteiger charge is -2.16. The third-order valence-electron chi connectivity index (χ3n) is 3.57. The number of rotatable bonds is 6.